The largest absolute Gasteiger partial charge is 0.494 e. The van der Waals surface area contributed by atoms with Crippen LogP contribution in [-0.2, 0) is 9.53 Å². The smallest absolute Gasteiger partial charge is 0.256 e. The van der Waals surface area contributed by atoms with E-state index in [1.165, 1.54) is 25.8 Å². The molecular weight excluding hydrogens is 364 g/mol. The van der Waals surface area contributed by atoms with Gasteiger partial charge in [-0.2, -0.15) is 0 Å². The monoisotopic (exact) mass is 404 g/mol. The van der Waals surface area contributed by atoms with Crippen molar-refractivity contribution in [3.05, 3.63) is 24.3 Å². The minimum absolute atomic E-state index is 0.0997. The number of benzene rings is 1. The average molecular weight is 405 g/mol. The number of nitrogens with zero attached hydrogens (tertiary/aromatic N) is 1. The molecule has 0 radical (unpaired) electrons. The van der Waals surface area contributed by atoms with E-state index in [2.05, 4.69) is 31.0 Å². The normalized spacial score (nSPS) is 19.7. The second kappa shape index (κ2) is 11.6. The molecule has 1 amide bonds. The fraction of sp³-hybridized carbons (Fsp3) is 0.708. The molecular formula is C24H40N2O3. The van der Waals surface area contributed by atoms with Gasteiger partial charge in [-0.25, -0.2) is 0 Å². The van der Waals surface area contributed by atoms with E-state index in [1.54, 1.807) is 0 Å². The van der Waals surface area contributed by atoms with Crippen LogP contribution in [0.1, 0.15) is 66.7 Å². The van der Waals surface area contributed by atoms with E-state index in [4.69, 9.17) is 9.47 Å². The van der Waals surface area contributed by atoms with Crippen LogP contribution in [0.2, 0.25) is 0 Å². The second-order valence-corrected chi connectivity index (χ2v) is 8.82. The van der Waals surface area contributed by atoms with Crippen LogP contribution < -0.4 is 10.1 Å². The number of likely N-dealkylation sites (tertiary alicyclic amines) is 1. The van der Waals surface area contributed by atoms with Crippen molar-refractivity contribution in [3.63, 3.8) is 0 Å². The molecule has 1 heterocycles. The number of hydrogen-bond donors (Lipinski definition) is 1. The maximum atomic E-state index is 12.8. The first-order valence-electron chi connectivity index (χ1n) is 11.3. The topological polar surface area (TPSA) is 50.8 Å². The molecule has 1 aromatic carbocycles. The third kappa shape index (κ3) is 7.63. The first-order chi connectivity index (χ1) is 13.8. The highest BCUT2D eigenvalue weighted by Gasteiger charge is 2.34. The summed E-state index contributed by atoms with van der Waals surface area (Å²) in [5, 5.41) is 2.99. The zero-order chi connectivity index (χ0) is 21.3. The van der Waals surface area contributed by atoms with Gasteiger partial charge in [0.05, 0.1) is 6.61 Å². The van der Waals surface area contributed by atoms with E-state index in [0.717, 1.165) is 24.4 Å². The first kappa shape index (κ1) is 23.7. The Labute approximate surface area is 177 Å². The van der Waals surface area contributed by atoms with Crippen LogP contribution in [0.4, 0.5) is 5.69 Å². The number of amides is 1. The molecule has 2 atom stereocenters. The lowest BCUT2D eigenvalue weighted by Crippen LogP contribution is -2.43. The highest BCUT2D eigenvalue weighted by molar-refractivity contribution is 5.97. The molecule has 0 aromatic heterocycles. The highest BCUT2D eigenvalue weighted by atomic mass is 16.5. The van der Waals surface area contributed by atoms with Gasteiger partial charge in [-0.1, -0.05) is 20.3 Å². The van der Waals surface area contributed by atoms with Crippen molar-refractivity contribution in [1.82, 2.24) is 4.90 Å². The Morgan fingerprint density at radius 2 is 2.00 bits per heavy atom. The van der Waals surface area contributed by atoms with E-state index in [0.29, 0.717) is 31.6 Å². The highest BCUT2D eigenvalue weighted by Crippen LogP contribution is 2.24. The zero-order valence-electron chi connectivity index (χ0n) is 19.0. The summed E-state index contributed by atoms with van der Waals surface area (Å²) in [4.78, 5) is 15.3. The number of nitrogens with one attached hydrogen (secondary N) is 1. The van der Waals surface area contributed by atoms with E-state index in [1.807, 2.05) is 38.1 Å². The summed E-state index contributed by atoms with van der Waals surface area (Å²) in [5.74, 6) is 1.11. The van der Waals surface area contributed by atoms with Crippen LogP contribution >= 0.6 is 0 Å². The Hall–Kier alpha value is -1.59. The molecule has 1 fully saturated rings. The van der Waals surface area contributed by atoms with Crippen LogP contribution in [0.5, 0.6) is 5.75 Å². The SMILES string of the molecule is CCO[C@](C)(CC(C)C)C(=O)Nc1ccc(OCCCN2CCCC[C@@H]2C)cc1. The van der Waals surface area contributed by atoms with Crippen molar-refractivity contribution >= 4 is 11.6 Å². The standard InChI is InChI=1S/C24H40N2O3/c1-6-29-24(5,18-19(2)3)23(27)25-21-11-13-22(14-12-21)28-17-9-16-26-15-8-7-10-20(26)4/h11-14,19-20H,6-10,15-18H2,1-5H3,(H,25,27)/t20-,24+/m0/s1. The third-order valence-corrected chi connectivity index (χ3v) is 5.65. The summed E-state index contributed by atoms with van der Waals surface area (Å²) < 4.78 is 11.7. The van der Waals surface area contributed by atoms with Gasteiger partial charge in [-0.15, -0.1) is 0 Å². The van der Waals surface area contributed by atoms with Gasteiger partial charge in [0.1, 0.15) is 11.4 Å². The molecule has 0 spiro atoms. The Morgan fingerprint density at radius 1 is 1.28 bits per heavy atom. The summed E-state index contributed by atoms with van der Waals surface area (Å²) in [6, 6.07) is 8.31. The molecule has 5 heteroatoms. The number of rotatable bonds is 11. The van der Waals surface area contributed by atoms with Crippen molar-refractivity contribution in [2.24, 2.45) is 5.92 Å². The van der Waals surface area contributed by atoms with Crippen LogP contribution in [0, 0.1) is 5.92 Å². The summed E-state index contributed by atoms with van der Waals surface area (Å²) in [5.41, 5.74) is -0.0527. The quantitative estimate of drug-likeness (QED) is 0.521. The molecule has 1 aliphatic heterocycles. The van der Waals surface area contributed by atoms with E-state index >= 15 is 0 Å². The van der Waals surface area contributed by atoms with Gasteiger partial charge in [0.2, 0.25) is 0 Å². The Kier molecular flexibility index (Phi) is 9.44. The fourth-order valence-electron chi connectivity index (χ4n) is 4.16. The summed E-state index contributed by atoms with van der Waals surface area (Å²) >= 11 is 0. The van der Waals surface area contributed by atoms with Gasteiger partial charge < -0.3 is 19.7 Å². The van der Waals surface area contributed by atoms with E-state index in [-0.39, 0.29) is 5.91 Å². The number of ether oxygens (including phenoxy) is 2. The molecule has 1 aromatic rings. The van der Waals surface area contributed by atoms with Gasteiger partial charge in [0.15, 0.2) is 0 Å². The minimum atomic E-state index is -0.816. The number of piperidine rings is 1. The lowest BCUT2D eigenvalue weighted by Gasteiger charge is -2.33. The van der Waals surface area contributed by atoms with Crippen molar-refractivity contribution in [1.29, 1.82) is 0 Å². The number of carbonyl (C=O) groups excluding carboxylic acids is 1. The molecule has 29 heavy (non-hydrogen) atoms. The van der Waals surface area contributed by atoms with Crippen molar-refractivity contribution in [2.75, 3.05) is 31.6 Å². The van der Waals surface area contributed by atoms with Crippen LogP contribution in [-0.4, -0.2) is 48.8 Å². The summed E-state index contributed by atoms with van der Waals surface area (Å²) in [6.07, 6.45) is 5.71. The van der Waals surface area contributed by atoms with Gasteiger partial charge >= 0.3 is 0 Å². The average Bonchev–Trinajstić information content (AvgIpc) is 2.67. The lowest BCUT2D eigenvalue weighted by molar-refractivity contribution is -0.140. The minimum Gasteiger partial charge on any atom is -0.494 e. The molecule has 0 unspecified atom stereocenters. The second-order valence-electron chi connectivity index (χ2n) is 8.82. The summed E-state index contributed by atoms with van der Waals surface area (Å²) in [7, 11) is 0. The Bertz CT molecular complexity index is 617. The van der Waals surface area contributed by atoms with Crippen molar-refractivity contribution in [3.8, 4) is 5.75 Å². The maximum Gasteiger partial charge on any atom is 0.256 e. The van der Waals surface area contributed by atoms with Crippen LogP contribution in [0.15, 0.2) is 24.3 Å². The predicted octanol–water partition coefficient (Wildman–Crippen LogP) is 5.11. The molecule has 2 rings (SSSR count). The van der Waals surface area contributed by atoms with Gasteiger partial charge in [-0.05, 0) is 83.2 Å². The van der Waals surface area contributed by atoms with Gasteiger partial charge in [0.25, 0.3) is 5.91 Å². The molecule has 0 aliphatic carbocycles. The Morgan fingerprint density at radius 3 is 2.62 bits per heavy atom. The maximum absolute atomic E-state index is 12.8. The van der Waals surface area contributed by atoms with Gasteiger partial charge in [-0.3, -0.25) is 4.79 Å². The van der Waals surface area contributed by atoms with Crippen LogP contribution in [0.25, 0.3) is 0 Å². The van der Waals surface area contributed by atoms with E-state index < -0.39 is 5.60 Å². The van der Waals surface area contributed by atoms with Crippen molar-refractivity contribution in [2.45, 2.75) is 78.4 Å². The lowest BCUT2D eigenvalue weighted by atomic mass is 9.93. The third-order valence-electron chi connectivity index (χ3n) is 5.65. The van der Waals surface area contributed by atoms with Gasteiger partial charge in [0, 0.05) is 24.9 Å². The molecule has 0 saturated carbocycles. The van der Waals surface area contributed by atoms with Crippen LogP contribution in [0.3, 0.4) is 0 Å². The molecule has 0 bridgehead atoms. The fourth-order valence-corrected chi connectivity index (χ4v) is 4.16. The zero-order valence-corrected chi connectivity index (χ0v) is 19.0. The summed E-state index contributed by atoms with van der Waals surface area (Å²) in [6.45, 7) is 13.9. The predicted molar refractivity (Wildman–Crippen MR) is 120 cm³/mol. The van der Waals surface area contributed by atoms with E-state index in [9.17, 15) is 4.79 Å². The molecule has 1 N–H and O–H groups in total. The number of hydrogen-bond acceptors (Lipinski definition) is 4. The molecule has 164 valence electrons. The number of carbonyl (C=O) groups is 1. The Balaban J connectivity index is 1.79. The molecule has 1 aliphatic rings. The first-order valence-corrected chi connectivity index (χ1v) is 11.3. The number of anilines is 1. The molecule has 5 nitrogen and oxygen atoms in total. The van der Waals surface area contributed by atoms with Crippen molar-refractivity contribution < 1.29 is 14.3 Å². The molecule has 1 saturated heterocycles.